The van der Waals surface area contributed by atoms with Crippen LogP contribution in [-0.4, -0.2) is 21.6 Å². The second-order valence-electron chi connectivity index (χ2n) is 4.67. The molecule has 0 aliphatic heterocycles. The van der Waals surface area contributed by atoms with Crippen LogP contribution in [0.5, 0.6) is 5.75 Å². The molecule has 108 valence electrons. The molecule has 0 saturated heterocycles. The number of halogens is 2. The van der Waals surface area contributed by atoms with Crippen molar-refractivity contribution in [3.8, 4) is 11.4 Å². The second kappa shape index (κ2) is 5.54. The molecule has 4 nitrogen and oxygen atoms in total. The second-order valence-corrected chi connectivity index (χ2v) is 5.35. The molecule has 0 saturated carbocycles. The maximum atomic E-state index is 6.21. The molecule has 2 aromatic heterocycles. The third-order valence-electron chi connectivity index (χ3n) is 3.22. The summed E-state index contributed by atoms with van der Waals surface area (Å²) in [6.45, 7) is 1.98. The van der Waals surface area contributed by atoms with Crippen LogP contribution in [0.4, 0.5) is 0 Å². The first kappa shape index (κ1) is 14.2. The summed E-state index contributed by atoms with van der Waals surface area (Å²) >= 11 is 12.2. The summed E-state index contributed by atoms with van der Waals surface area (Å²) in [6, 6.07) is 7.53. The van der Waals surface area contributed by atoms with Crippen molar-refractivity contribution in [1.82, 2.24) is 14.5 Å². The number of hydrogen-bond donors (Lipinski definition) is 0. The molecule has 21 heavy (non-hydrogen) atoms. The first-order valence-electron chi connectivity index (χ1n) is 6.38. The van der Waals surface area contributed by atoms with Gasteiger partial charge in [0.25, 0.3) is 0 Å². The van der Waals surface area contributed by atoms with Gasteiger partial charge in [-0.15, -0.1) is 11.6 Å². The monoisotopic (exact) mass is 321 g/mol. The van der Waals surface area contributed by atoms with Crippen molar-refractivity contribution < 1.29 is 4.74 Å². The molecular weight excluding hydrogens is 309 g/mol. The molecule has 0 N–H and O–H groups in total. The fraction of sp³-hybridized carbons (Fsp3) is 0.200. The Morgan fingerprint density at radius 3 is 2.76 bits per heavy atom. The average Bonchev–Trinajstić information content (AvgIpc) is 2.84. The SMILES string of the molecule is COc1ccc(-n2c(CCl)nc3cc(C)cnc32)cc1Cl. The number of methoxy groups -OCH3 is 1. The molecular formula is C15H13Cl2N3O. The molecule has 2 heterocycles. The highest BCUT2D eigenvalue weighted by molar-refractivity contribution is 6.32. The predicted molar refractivity (Wildman–Crippen MR) is 84.7 cm³/mol. The molecule has 3 aromatic rings. The Bertz CT molecular complexity index is 814. The third kappa shape index (κ3) is 2.45. The first-order valence-corrected chi connectivity index (χ1v) is 7.29. The van der Waals surface area contributed by atoms with Crippen LogP contribution in [0.3, 0.4) is 0 Å². The number of aryl methyl sites for hydroxylation is 1. The Balaban J connectivity index is 2.25. The van der Waals surface area contributed by atoms with E-state index >= 15 is 0 Å². The lowest BCUT2D eigenvalue weighted by Gasteiger charge is -2.09. The lowest BCUT2D eigenvalue weighted by molar-refractivity contribution is 0.415. The topological polar surface area (TPSA) is 39.9 Å². The van der Waals surface area contributed by atoms with Crippen molar-refractivity contribution in [3.05, 3.63) is 46.9 Å². The summed E-state index contributed by atoms with van der Waals surface area (Å²) in [5.41, 5.74) is 3.49. The standard InChI is InChI=1S/C15H13Cl2N3O/c1-9-5-12-15(18-8-9)20(14(7-16)19-12)10-3-4-13(21-2)11(17)6-10/h3-6,8H,7H2,1-2H3. The summed E-state index contributed by atoms with van der Waals surface area (Å²) in [7, 11) is 1.59. The van der Waals surface area contributed by atoms with E-state index in [1.807, 2.05) is 42.0 Å². The Morgan fingerprint density at radius 1 is 1.29 bits per heavy atom. The number of fused-ring (bicyclic) bond motifs is 1. The summed E-state index contributed by atoms with van der Waals surface area (Å²) < 4.78 is 7.09. The summed E-state index contributed by atoms with van der Waals surface area (Å²) in [4.78, 5) is 9.00. The van der Waals surface area contributed by atoms with E-state index in [0.717, 1.165) is 28.2 Å². The molecule has 0 atom stereocenters. The minimum absolute atomic E-state index is 0.291. The molecule has 0 radical (unpaired) electrons. The maximum absolute atomic E-state index is 6.21. The number of ether oxygens (including phenoxy) is 1. The molecule has 0 aliphatic carbocycles. The van der Waals surface area contributed by atoms with E-state index < -0.39 is 0 Å². The Hall–Kier alpha value is -1.78. The molecule has 1 aromatic carbocycles. The van der Waals surface area contributed by atoms with Gasteiger partial charge in [0.05, 0.1) is 23.7 Å². The summed E-state index contributed by atoms with van der Waals surface area (Å²) in [5.74, 6) is 1.64. The van der Waals surface area contributed by atoms with E-state index in [-0.39, 0.29) is 0 Å². The van der Waals surface area contributed by atoms with Crippen LogP contribution in [0.25, 0.3) is 16.9 Å². The van der Waals surface area contributed by atoms with E-state index in [1.165, 1.54) is 0 Å². The molecule has 6 heteroatoms. The Morgan fingerprint density at radius 2 is 2.10 bits per heavy atom. The Kier molecular flexibility index (Phi) is 3.74. The van der Waals surface area contributed by atoms with Crippen molar-refractivity contribution in [3.63, 3.8) is 0 Å². The van der Waals surface area contributed by atoms with Crippen LogP contribution in [-0.2, 0) is 5.88 Å². The van der Waals surface area contributed by atoms with Crippen LogP contribution in [0.15, 0.2) is 30.5 Å². The lowest BCUT2D eigenvalue weighted by atomic mass is 10.3. The number of imidazole rings is 1. The minimum atomic E-state index is 0.291. The molecule has 0 unspecified atom stereocenters. The number of nitrogens with zero attached hydrogens (tertiary/aromatic N) is 3. The van der Waals surface area contributed by atoms with Crippen LogP contribution in [0, 0.1) is 6.92 Å². The minimum Gasteiger partial charge on any atom is -0.495 e. The fourth-order valence-corrected chi connectivity index (χ4v) is 2.70. The number of pyridine rings is 1. The highest BCUT2D eigenvalue weighted by Crippen LogP contribution is 2.29. The Labute approximate surface area is 132 Å². The van der Waals surface area contributed by atoms with Gasteiger partial charge >= 0.3 is 0 Å². The van der Waals surface area contributed by atoms with Gasteiger partial charge in [-0.25, -0.2) is 9.97 Å². The fourth-order valence-electron chi connectivity index (χ4n) is 2.27. The molecule has 0 bridgehead atoms. The normalized spacial score (nSPS) is 11.0. The van der Waals surface area contributed by atoms with Crippen molar-refractivity contribution in [2.75, 3.05) is 7.11 Å². The zero-order valence-corrected chi connectivity index (χ0v) is 13.1. The number of hydrogen-bond acceptors (Lipinski definition) is 3. The largest absolute Gasteiger partial charge is 0.495 e. The van der Waals surface area contributed by atoms with Gasteiger partial charge < -0.3 is 4.74 Å². The summed E-state index contributed by atoms with van der Waals surface area (Å²) in [6.07, 6.45) is 1.81. The van der Waals surface area contributed by atoms with Gasteiger partial charge in [0.1, 0.15) is 17.1 Å². The summed E-state index contributed by atoms with van der Waals surface area (Å²) in [5, 5.41) is 0.532. The predicted octanol–water partition coefficient (Wildman–Crippen LogP) is 4.13. The molecule has 0 spiro atoms. The lowest BCUT2D eigenvalue weighted by Crippen LogP contribution is -2.00. The number of rotatable bonds is 3. The van der Waals surface area contributed by atoms with Crippen LogP contribution >= 0.6 is 23.2 Å². The number of aromatic nitrogens is 3. The van der Waals surface area contributed by atoms with Gasteiger partial charge in [0.2, 0.25) is 0 Å². The zero-order valence-electron chi connectivity index (χ0n) is 11.6. The van der Waals surface area contributed by atoms with Crippen molar-refractivity contribution >= 4 is 34.4 Å². The van der Waals surface area contributed by atoms with E-state index in [0.29, 0.717) is 16.7 Å². The average molecular weight is 322 g/mol. The molecule has 0 amide bonds. The number of benzene rings is 1. The van der Waals surface area contributed by atoms with E-state index in [9.17, 15) is 0 Å². The van der Waals surface area contributed by atoms with Gasteiger partial charge in [-0.2, -0.15) is 0 Å². The maximum Gasteiger partial charge on any atom is 0.164 e. The van der Waals surface area contributed by atoms with E-state index in [4.69, 9.17) is 27.9 Å². The van der Waals surface area contributed by atoms with Gasteiger partial charge in [0, 0.05) is 6.20 Å². The highest BCUT2D eigenvalue weighted by Gasteiger charge is 2.14. The smallest absolute Gasteiger partial charge is 0.164 e. The first-order chi connectivity index (χ1) is 10.1. The quantitative estimate of drug-likeness (QED) is 0.681. The van der Waals surface area contributed by atoms with Crippen LogP contribution in [0.1, 0.15) is 11.4 Å². The highest BCUT2D eigenvalue weighted by atomic mass is 35.5. The van der Waals surface area contributed by atoms with Crippen LogP contribution in [0.2, 0.25) is 5.02 Å². The van der Waals surface area contributed by atoms with Gasteiger partial charge in [0.15, 0.2) is 5.65 Å². The zero-order chi connectivity index (χ0) is 15.0. The third-order valence-corrected chi connectivity index (χ3v) is 3.75. The van der Waals surface area contributed by atoms with Gasteiger partial charge in [-0.05, 0) is 36.8 Å². The van der Waals surface area contributed by atoms with Gasteiger partial charge in [-0.1, -0.05) is 11.6 Å². The van der Waals surface area contributed by atoms with E-state index in [2.05, 4.69) is 9.97 Å². The van der Waals surface area contributed by atoms with Crippen molar-refractivity contribution in [2.45, 2.75) is 12.8 Å². The van der Waals surface area contributed by atoms with Crippen molar-refractivity contribution in [1.29, 1.82) is 0 Å². The molecule has 0 fully saturated rings. The van der Waals surface area contributed by atoms with Crippen molar-refractivity contribution in [2.24, 2.45) is 0 Å². The molecule has 3 rings (SSSR count). The number of alkyl halides is 1. The van der Waals surface area contributed by atoms with E-state index in [1.54, 1.807) is 7.11 Å². The van der Waals surface area contributed by atoms with Crippen LogP contribution < -0.4 is 4.74 Å². The molecule has 0 aliphatic rings. The van der Waals surface area contributed by atoms with Gasteiger partial charge in [-0.3, -0.25) is 4.57 Å².